The third-order valence-electron chi connectivity index (χ3n) is 2.87. The van der Waals surface area contributed by atoms with Crippen molar-refractivity contribution in [2.24, 2.45) is 0 Å². The summed E-state index contributed by atoms with van der Waals surface area (Å²) in [7, 11) is 6.16. The number of hydrogen-bond acceptors (Lipinski definition) is 1. The Kier molecular flexibility index (Phi) is 67.6. The molecule has 0 bridgehead atoms. The molecule has 7 heteroatoms. The predicted molar refractivity (Wildman–Crippen MR) is 82.6 cm³/mol. The van der Waals surface area contributed by atoms with Gasteiger partial charge in [0.25, 0.3) is 0 Å². The van der Waals surface area contributed by atoms with E-state index in [4.69, 9.17) is 5.11 Å². The zero-order valence-electron chi connectivity index (χ0n) is 15.3. The molecule has 147 valence electrons. The number of hydrogen-bond donors (Lipinski definition) is 1. The van der Waals surface area contributed by atoms with Crippen molar-refractivity contribution in [2.45, 2.75) is 64.7 Å². The fourth-order valence-corrected chi connectivity index (χ4v) is 1.61. The molecule has 0 unspecified atom stereocenters. The van der Waals surface area contributed by atoms with Crippen LogP contribution in [0.3, 0.4) is 0 Å². The van der Waals surface area contributed by atoms with Crippen LogP contribution in [0.25, 0.3) is 0 Å². The van der Waals surface area contributed by atoms with Crippen LogP contribution in [0, 0.1) is 78.3 Å². The third kappa shape index (κ3) is 59.3. The summed E-state index contributed by atoms with van der Waals surface area (Å²) in [5.74, 6) is 0. The minimum atomic E-state index is 0. The summed E-state index contributed by atoms with van der Waals surface area (Å²) < 4.78 is 0.844. The van der Waals surface area contributed by atoms with Crippen molar-refractivity contribution in [3.05, 3.63) is 6.92 Å². The molecule has 2 nitrogen and oxygen atoms in total. The standard InChI is InChI=1S/C11H23.C5H14NO.5Am/c1-3-5-7-9-11-10-8-6-4-2;1-6(2,3)4-5-7;;;;;/h1,3-11H2,2H3;7H,4-5H2,1-3H3;;;;;/q-1;+1;;;;;. The summed E-state index contributed by atoms with van der Waals surface area (Å²) in [6, 6.07) is 0. The molecule has 5 radical (unpaired) electrons. The maximum atomic E-state index is 8.39. The molecule has 0 amide bonds. The first kappa shape index (κ1) is 44.4. The summed E-state index contributed by atoms with van der Waals surface area (Å²) >= 11 is 0. The largest absolute Gasteiger partial charge is 0.391 e. The van der Waals surface area contributed by atoms with Crippen LogP contribution in [0.5, 0.6) is 0 Å². The molecule has 0 aliphatic heterocycles. The minimum Gasteiger partial charge on any atom is -0.391 e. The van der Waals surface area contributed by atoms with E-state index in [1.165, 1.54) is 51.4 Å². The summed E-state index contributed by atoms with van der Waals surface area (Å²) in [5.41, 5.74) is 0. The normalized spacial score (nSPS) is 8.61. The Hall–Kier alpha value is 1.87. The number of rotatable bonds is 10. The van der Waals surface area contributed by atoms with Crippen LogP contribution in [0.1, 0.15) is 64.7 Å². The van der Waals surface area contributed by atoms with E-state index >= 15 is 0 Å². The first-order valence-electron chi connectivity index (χ1n) is 7.68. The number of aliphatic hydroxyl groups is 1. The van der Waals surface area contributed by atoms with Crippen molar-refractivity contribution in [2.75, 3.05) is 34.3 Å². The van der Waals surface area contributed by atoms with Gasteiger partial charge in [0.15, 0.2) is 0 Å². The van der Waals surface area contributed by atoms with Crippen molar-refractivity contribution < 1.29 is 81.0 Å². The molecule has 0 rings (SSSR count). The van der Waals surface area contributed by atoms with Crippen molar-refractivity contribution >= 4 is 0 Å². The van der Waals surface area contributed by atoms with Crippen LogP contribution < -0.4 is 0 Å². The molecule has 0 heterocycles. The van der Waals surface area contributed by atoms with Gasteiger partial charge in [0, 0.05) is 71.4 Å². The summed E-state index contributed by atoms with van der Waals surface area (Å²) in [5, 5.41) is 8.39. The molecule has 0 aromatic heterocycles. The van der Waals surface area contributed by atoms with E-state index < -0.39 is 0 Å². The second-order valence-electron chi connectivity index (χ2n) is 6.07. The topological polar surface area (TPSA) is 20.2 Å². The van der Waals surface area contributed by atoms with Gasteiger partial charge in [-0.15, -0.1) is 0 Å². The molecular formula is C16H37Am5NO. The minimum absolute atomic E-state index is 0. The summed E-state index contributed by atoms with van der Waals surface area (Å²) in [4.78, 5) is 0. The second-order valence-corrected chi connectivity index (χ2v) is 6.07. The van der Waals surface area contributed by atoms with E-state index in [0.717, 1.165) is 17.4 Å². The first-order valence-corrected chi connectivity index (χ1v) is 7.68. The molecule has 0 saturated heterocycles. The van der Waals surface area contributed by atoms with Crippen molar-refractivity contribution in [1.82, 2.24) is 0 Å². The fourth-order valence-electron chi connectivity index (χ4n) is 1.61. The number of quaternary nitrogens is 1. The molecule has 0 aromatic carbocycles. The Labute approximate surface area is 186 Å². The van der Waals surface area contributed by atoms with Crippen LogP contribution in [0.15, 0.2) is 0 Å². The predicted octanol–water partition coefficient (Wildman–Crippen LogP) is 4.04. The van der Waals surface area contributed by atoms with Gasteiger partial charge in [-0.05, 0) is 0 Å². The number of unbranched alkanes of at least 4 members (excludes halogenated alkanes) is 8. The number of likely N-dealkylation sites (N-methyl/N-ethyl adjacent to an activating group) is 1. The quantitative estimate of drug-likeness (QED) is 0.199. The molecule has 0 spiro atoms. The van der Waals surface area contributed by atoms with Gasteiger partial charge in [-0.2, -0.15) is 6.42 Å². The molecule has 0 aliphatic carbocycles. The van der Waals surface area contributed by atoms with E-state index in [1.807, 2.05) is 0 Å². The Bertz CT molecular complexity index is 150. The smallest absolute Gasteiger partial charge is 0.101 e. The van der Waals surface area contributed by atoms with Gasteiger partial charge < -0.3 is 16.5 Å². The van der Waals surface area contributed by atoms with Gasteiger partial charge in [0.05, 0.1) is 27.7 Å². The van der Waals surface area contributed by atoms with Gasteiger partial charge >= 0.3 is 0 Å². The van der Waals surface area contributed by atoms with Gasteiger partial charge in [0.1, 0.15) is 6.54 Å². The fraction of sp³-hybridized carbons (Fsp3) is 0.938. The van der Waals surface area contributed by atoms with E-state index in [9.17, 15) is 0 Å². The first-order chi connectivity index (χ1) is 8.47. The molecular weight excluding hydrogens is 1440 g/mol. The van der Waals surface area contributed by atoms with Crippen molar-refractivity contribution in [1.29, 1.82) is 0 Å². The molecule has 0 aromatic rings. The summed E-state index contributed by atoms with van der Waals surface area (Å²) in [6.07, 6.45) is 12.4. The SMILES string of the molecule is C[N+](C)(C)CCO.[Am].[Am].[Am].[Am].[Am].[CH2-]CCCCCCCCCC. The zero-order chi connectivity index (χ0) is 14.3. The molecule has 0 aliphatic rings. The van der Waals surface area contributed by atoms with Crippen LogP contribution in [-0.4, -0.2) is 43.9 Å². The maximum Gasteiger partial charge on any atom is 0.101 e. The van der Waals surface area contributed by atoms with E-state index in [2.05, 4.69) is 35.0 Å². The van der Waals surface area contributed by atoms with E-state index in [-0.39, 0.29) is 78.0 Å². The monoisotopic (exact) mass is 1460 g/mol. The maximum absolute atomic E-state index is 8.39. The van der Waals surface area contributed by atoms with Gasteiger partial charge in [-0.1, -0.05) is 58.3 Å². The Morgan fingerprint density at radius 3 is 1.26 bits per heavy atom. The molecule has 0 fully saturated rings. The van der Waals surface area contributed by atoms with Gasteiger partial charge in [-0.3, -0.25) is 0 Å². The van der Waals surface area contributed by atoms with Gasteiger partial charge in [0.2, 0.25) is 0 Å². The molecule has 0 saturated carbocycles. The average molecular weight is 1470 g/mol. The van der Waals surface area contributed by atoms with E-state index in [1.54, 1.807) is 0 Å². The van der Waals surface area contributed by atoms with Crippen molar-refractivity contribution in [3.63, 3.8) is 0 Å². The Morgan fingerprint density at radius 1 is 0.696 bits per heavy atom. The third-order valence-corrected chi connectivity index (χ3v) is 2.87. The number of nitrogens with zero attached hydrogens (tertiary/aromatic N) is 1. The Morgan fingerprint density at radius 2 is 1.04 bits per heavy atom. The zero-order valence-corrected chi connectivity index (χ0v) is 31.0. The number of aliphatic hydroxyl groups excluding tert-OH is 1. The van der Waals surface area contributed by atoms with Crippen LogP contribution in [0.2, 0.25) is 0 Å². The van der Waals surface area contributed by atoms with E-state index in [0.29, 0.717) is 0 Å². The second kappa shape index (κ2) is 35.1. The van der Waals surface area contributed by atoms with Crippen molar-refractivity contribution in [3.8, 4) is 0 Å². The van der Waals surface area contributed by atoms with Gasteiger partial charge in [-0.25, -0.2) is 0 Å². The molecule has 1 N–H and O–H groups in total. The van der Waals surface area contributed by atoms with Crippen LogP contribution in [-0.2, 0) is 0 Å². The molecule has 23 heavy (non-hydrogen) atoms. The average Bonchev–Trinajstić information content (AvgIpc) is 2.27. The van der Waals surface area contributed by atoms with Crippen LogP contribution >= 0.6 is 0 Å². The molecule has 0 atom stereocenters. The summed E-state index contributed by atoms with van der Waals surface area (Å²) in [6.45, 7) is 7.21. The van der Waals surface area contributed by atoms with Crippen LogP contribution in [0.4, 0.5) is 0 Å². The Balaban J connectivity index is -0.0000000387.